The number of carbonyl (C=O) groups is 3. The number of esters is 2. The van der Waals surface area contributed by atoms with Crippen LogP contribution in [0.1, 0.15) is 50.7 Å². The second-order valence-electron chi connectivity index (χ2n) is 7.68. The second kappa shape index (κ2) is 11.2. The topological polar surface area (TPSA) is 110 Å². The quantitative estimate of drug-likeness (QED) is 0.192. The third kappa shape index (κ3) is 4.85. The summed E-state index contributed by atoms with van der Waals surface area (Å²) in [7, 11) is 1.46. The van der Waals surface area contributed by atoms with Crippen molar-refractivity contribution in [3.05, 3.63) is 75.3 Å². The Labute approximate surface area is 221 Å². The first-order chi connectivity index (χ1) is 17.8. The van der Waals surface area contributed by atoms with Crippen LogP contribution in [0.5, 0.6) is 0 Å². The predicted molar refractivity (Wildman–Crippen MR) is 136 cm³/mol. The monoisotopic (exact) mass is 544 g/mol. The lowest BCUT2D eigenvalue weighted by molar-refractivity contribution is 0.0516. The van der Waals surface area contributed by atoms with Crippen molar-refractivity contribution < 1.29 is 33.0 Å². The molecular formula is C26H22Cl2N2O7. The van der Waals surface area contributed by atoms with E-state index < -0.39 is 17.7 Å². The van der Waals surface area contributed by atoms with E-state index in [4.69, 9.17) is 46.8 Å². The van der Waals surface area contributed by atoms with Crippen molar-refractivity contribution in [1.29, 1.82) is 0 Å². The zero-order chi connectivity index (χ0) is 26.7. The van der Waals surface area contributed by atoms with Crippen LogP contribution in [0, 0.1) is 0 Å². The van der Waals surface area contributed by atoms with Crippen LogP contribution in [0.3, 0.4) is 0 Å². The molecule has 4 aromatic rings. The highest BCUT2D eigenvalue weighted by molar-refractivity contribution is 6.43. The summed E-state index contributed by atoms with van der Waals surface area (Å²) in [5.74, 6) is -1.73. The molecular weight excluding hydrogens is 523 g/mol. The van der Waals surface area contributed by atoms with Crippen molar-refractivity contribution in [3.8, 4) is 11.3 Å². The van der Waals surface area contributed by atoms with Crippen molar-refractivity contribution >= 4 is 52.0 Å². The molecule has 0 bridgehead atoms. The lowest BCUT2D eigenvalue weighted by atomic mass is 10.0. The first kappa shape index (κ1) is 26.4. The van der Waals surface area contributed by atoms with E-state index in [0.29, 0.717) is 11.1 Å². The number of nitrogens with zero attached hydrogens (tertiary/aromatic N) is 2. The van der Waals surface area contributed by atoms with Crippen molar-refractivity contribution in [2.24, 2.45) is 0 Å². The van der Waals surface area contributed by atoms with Crippen LogP contribution in [0.4, 0.5) is 0 Å². The molecule has 1 aromatic carbocycles. The maximum Gasteiger partial charge on any atom is 0.341 e. The molecule has 0 atom stereocenters. The lowest BCUT2D eigenvalue weighted by Crippen LogP contribution is -2.11. The first-order valence-electron chi connectivity index (χ1n) is 11.3. The number of hydrogen-bond acceptors (Lipinski definition) is 8. The molecule has 3 heterocycles. The zero-order valence-electron chi connectivity index (χ0n) is 20.2. The fourth-order valence-electron chi connectivity index (χ4n) is 3.85. The summed E-state index contributed by atoms with van der Waals surface area (Å²) in [6.45, 7) is 3.63. The van der Waals surface area contributed by atoms with E-state index >= 15 is 0 Å². The summed E-state index contributed by atoms with van der Waals surface area (Å²) in [6.07, 6.45) is 1.36. The van der Waals surface area contributed by atoms with Gasteiger partial charge < -0.3 is 18.6 Å². The smallest absolute Gasteiger partial charge is 0.341 e. The molecule has 0 fully saturated rings. The molecule has 0 N–H and O–H groups in total. The number of benzene rings is 1. The number of aromatic nitrogens is 2. The van der Waals surface area contributed by atoms with E-state index in [9.17, 15) is 14.4 Å². The Balaban J connectivity index is 2.02. The average Bonchev–Trinajstić information content (AvgIpc) is 3.52. The van der Waals surface area contributed by atoms with E-state index in [1.54, 1.807) is 44.2 Å². The van der Waals surface area contributed by atoms with Gasteiger partial charge in [0, 0.05) is 12.7 Å². The fourth-order valence-corrected chi connectivity index (χ4v) is 4.51. The molecule has 9 nitrogen and oxygen atoms in total. The third-order valence-corrected chi connectivity index (χ3v) is 6.22. The maximum absolute atomic E-state index is 13.3. The molecule has 37 heavy (non-hydrogen) atoms. The number of carbonyl (C=O) groups excluding carboxylic acids is 3. The van der Waals surface area contributed by atoms with Gasteiger partial charge in [-0.1, -0.05) is 35.3 Å². The number of rotatable bonds is 9. The minimum Gasteiger partial charge on any atom is -0.462 e. The molecule has 0 amide bonds. The van der Waals surface area contributed by atoms with Gasteiger partial charge in [0.05, 0.1) is 46.7 Å². The maximum atomic E-state index is 13.3. The highest BCUT2D eigenvalue weighted by Gasteiger charge is 2.32. The van der Waals surface area contributed by atoms with Gasteiger partial charge in [-0.2, -0.15) is 0 Å². The van der Waals surface area contributed by atoms with Crippen molar-refractivity contribution in [2.45, 2.75) is 20.6 Å². The summed E-state index contributed by atoms with van der Waals surface area (Å²) < 4.78 is 22.3. The number of furan rings is 1. The highest BCUT2D eigenvalue weighted by Crippen LogP contribution is 2.41. The lowest BCUT2D eigenvalue weighted by Gasteiger charge is -2.13. The third-order valence-electron chi connectivity index (χ3n) is 5.45. The van der Waals surface area contributed by atoms with Gasteiger partial charge in [0.2, 0.25) is 5.78 Å². The molecule has 3 aromatic heterocycles. The summed E-state index contributed by atoms with van der Waals surface area (Å²) in [5, 5.41) is 0.0944. The van der Waals surface area contributed by atoms with Gasteiger partial charge in [-0.3, -0.25) is 9.36 Å². The zero-order valence-corrected chi connectivity index (χ0v) is 21.7. The number of fused-ring (bicyclic) bond motifs is 1. The number of ether oxygens (including phenoxy) is 3. The molecule has 0 unspecified atom stereocenters. The van der Waals surface area contributed by atoms with Gasteiger partial charge in [0.15, 0.2) is 5.76 Å². The summed E-state index contributed by atoms with van der Waals surface area (Å²) in [4.78, 5) is 43.2. The van der Waals surface area contributed by atoms with Crippen molar-refractivity contribution in [3.63, 3.8) is 0 Å². The Morgan fingerprint density at radius 3 is 2.24 bits per heavy atom. The SMILES string of the molecule is CCOC(=O)c1ccc(-c2nc3c(c(Cl)c2C(=O)OCC)c(C(=O)c2ccco2)c(Cl)n3COC)cc1. The van der Waals surface area contributed by atoms with Crippen LogP contribution in [0.25, 0.3) is 22.3 Å². The second-order valence-corrected chi connectivity index (χ2v) is 8.42. The molecule has 0 aliphatic heterocycles. The van der Waals surface area contributed by atoms with Gasteiger partial charge in [-0.15, -0.1) is 0 Å². The number of ketones is 1. The number of methoxy groups -OCH3 is 1. The van der Waals surface area contributed by atoms with Crippen LogP contribution in [-0.2, 0) is 20.9 Å². The highest BCUT2D eigenvalue weighted by atomic mass is 35.5. The molecule has 192 valence electrons. The van der Waals surface area contributed by atoms with Crippen LogP contribution < -0.4 is 0 Å². The molecule has 0 saturated carbocycles. The number of hydrogen-bond donors (Lipinski definition) is 0. The number of halogens is 2. The van der Waals surface area contributed by atoms with Gasteiger partial charge in [-0.25, -0.2) is 14.6 Å². The average molecular weight is 545 g/mol. The normalized spacial score (nSPS) is 11.1. The standard InChI is InChI=1S/C26H22Cl2N2O7/c1-4-35-25(32)15-10-8-14(9-11-15)21-19(26(33)36-5-2)20(27)17-18(22(31)16-7-6-12-37-16)23(28)30(13-34-3)24(17)29-21/h6-12H,4-5,13H2,1-3H3. The van der Waals surface area contributed by atoms with E-state index in [-0.39, 0.29) is 63.7 Å². The molecule has 0 aliphatic rings. The van der Waals surface area contributed by atoms with Crippen LogP contribution >= 0.6 is 23.2 Å². The van der Waals surface area contributed by atoms with Gasteiger partial charge in [0.25, 0.3) is 0 Å². The van der Waals surface area contributed by atoms with Crippen LogP contribution in [0.15, 0.2) is 47.1 Å². The molecule has 0 saturated heterocycles. The van der Waals surface area contributed by atoms with Crippen LogP contribution in [0.2, 0.25) is 10.2 Å². The predicted octanol–water partition coefficient (Wildman–Crippen LogP) is 5.79. The number of pyridine rings is 1. The summed E-state index contributed by atoms with van der Waals surface area (Å²) in [5.41, 5.74) is 1.14. The Morgan fingerprint density at radius 2 is 1.65 bits per heavy atom. The minimum absolute atomic E-state index is 0.0101. The summed E-state index contributed by atoms with van der Waals surface area (Å²) in [6, 6.07) is 9.38. The van der Waals surface area contributed by atoms with Crippen LogP contribution in [-0.4, -0.2) is 47.6 Å². The largest absolute Gasteiger partial charge is 0.462 e. The first-order valence-corrected chi connectivity index (χ1v) is 12.0. The Morgan fingerprint density at radius 1 is 0.973 bits per heavy atom. The Hall–Kier alpha value is -3.66. The molecule has 11 heteroatoms. The Bertz CT molecular complexity index is 1480. The molecule has 4 rings (SSSR count). The van der Waals surface area contributed by atoms with Gasteiger partial charge in [0.1, 0.15) is 23.1 Å². The van der Waals surface area contributed by atoms with Gasteiger partial charge >= 0.3 is 11.9 Å². The molecule has 0 spiro atoms. The minimum atomic E-state index is -0.738. The van der Waals surface area contributed by atoms with E-state index in [1.165, 1.54) is 24.0 Å². The molecule has 0 aliphatic carbocycles. The van der Waals surface area contributed by atoms with Crippen molar-refractivity contribution in [2.75, 3.05) is 20.3 Å². The Kier molecular flexibility index (Phi) is 7.97. The fraction of sp³-hybridized carbons (Fsp3) is 0.231. The summed E-state index contributed by atoms with van der Waals surface area (Å²) >= 11 is 13.5. The molecule has 0 radical (unpaired) electrons. The van der Waals surface area contributed by atoms with Gasteiger partial charge in [-0.05, 0) is 38.1 Å². The van der Waals surface area contributed by atoms with E-state index in [2.05, 4.69) is 0 Å². The van der Waals surface area contributed by atoms with Crippen molar-refractivity contribution in [1.82, 2.24) is 9.55 Å². The van der Waals surface area contributed by atoms with E-state index in [0.717, 1.165) is 0 Å². The van der Waals surface area contributed by atoms with E-state index in [1.807, 2.05) is 0 Å².